The highest BCUT2D eigenvalue weighted by molar-refractivity contribution is 6.31. The van der Waals surface area contributed by atoms with Crippen molar-refractivity contribution < 1.29 is 9.59 Å². The largest absolute Gasteiger partial charge is 0.352 e. The summed E-state index contributed by atoms with van der Waals surface area (Å²) in [6, 6.07) is 17.3. The fourth-order valence-electron chi connectivity index (χ4n) is 3.68. The van der Waals surface area contributed by atoms with Gasteiger partial charge in [0, 0.05) is 17.5 Å². The number of carbonyl (C=O) groups is 2. The molecule has 29 heavy (non-hydrogen) atoms. The lowest BCUT2D eigenvalue weighted by atomic mass is 9.96. The second-order valence-electron chi connectivity index (χ2n) is 7.56. The number of nitrogens with zero attached hydrogens (tertiary/aromatic N) is 1. The molecule has 3 rings (SSSR count). The van der Waals surface area contributed by atoms with Crippen LogP contribution in [-0.4, -0.2) is 36.3 Å². The van der Waals surface area contributed by atoms with Crippen LogP contribution in [0.5, 0.6) is 0 Å². The molecule has 0 aromatic heterocycles. The molecule has 2 aromatic carbocycles. The number of amides is 2. The van der Waals surface area contributed by atoms with Crippen molar-refractivity contribution in [3.63, 3.8) is 0 Å². The average molecular weight is 414 g/mol. The summed E-state index contributed by atoms with van der Waals surface area (Å²) in [5.74, 6) is 0.0924. The first-order valence-corrected chi connectivity index (χ1v) is 10.5. The van der Waals surface area contributed by atoms with Crippen molar-refractivity contribution in [3.05, 3.63) is 70.7 Å². The fourth-order valence-corrected chi connectivity index (χ4v) is 3.98. The lowest BCUT2D eigenvalue weighted by Gasteiger charge is -2.31. The third-order valence-electron chi connectivity index (χ3n) is 5.38. The summed E-state index contributed by atoms with van der Waals surface area (Å²) in [6.45, 7) is 4.33. The fraction of sp³-hybridized carbons (Fsp3) is 0.391. The van der Waals surface area contributed by atoms with Gasteiger partial charge in [0.25, 0.3) is 0 Å². The molecule has 2 aromatic rings. The summed E-state index contributed by atoms with van der Waals surface area (Å²) in [6.07, 6.45) is 1.54. The Balaban J connectivity index is 1.39. The smallest absolute Gasteiger partial charge is 0.234 e. The number of carbonyl (C=O) groups excluding carboxylic acids is 2. The predicted molar refractivity (Wildman–Crippen MR) is 115 cm³/mol. The third kappa shape index (κ3) is 6.31. The van der Waals surface area contributed by atoms with Gasteiger partial charge in [-0.2, -0.15) is 0 Å². The Labute approximate surface area is 177 Å². The molecule has 0 spiro atoms. The summed E-state index contributed by atoms with van der Waals surface area (Å²) in [5.41, 5.74) is 2.01. The standard InChI is InChI=1S/C23H28ClN3O2/c1-17(20-9-5-6-10-21(20)24)26-22(28)16-27-13-11-19(12-14-27)23(29)25-15-18-7-3-2-4-8-18/h2-10,17,19H,11-16H2,1H3,(H,25,29)(H,26,28). The molecule has 5 nitrogen and oxygen atoms in total. The zero-order valence-electron chi connectivity index (χ0n) is 16.7. The van der Waals surface area contributed by atoms with E-state index in [1.165, 1.54) is 0 Å². The van der Waals surface area contributed by atoms with Crippen molar-refractivity contribution >= 4 is 23.4 Å². The molecule has 2 N–H and O–H groups in total. The molecule has 0 aliphatic carbocycles. The highest BCUT2D eigenvalue weighted by Gasteiger charge is 2.26. The van der Waals surface area contributed by atoms with E-state index in [0.717, 1.165) is 37.1 Å². The number of hydrogen-bond acceptors (Lipinski definition) is 3. The molecule has 0 bridgehead atoms. The van der Waals surface area contributed by atoms with Crippen molar-refractivity contribution in [2.45, 2.75) is 32.4 Å². The third-order valence-corrected chi connectivity index (χ3v) is 5.73. The van der Waals surface area contributed by atoms with Gasteiger partial charge in [-0.25, -0.2) is 0 Å². The van der Waals surface area contributed by atoms with E-state index in [2.05, 4.69) is 15.5 Å². The normalized spacial score (nSPS) is 16.2. The van der Waals surface area contributed by atoms with E-state index in [-0.39, 0.29) is 23.8 Å². The summed E-state index contributed by atoms with van der Waals surface area (Å²) < 4.78 is 0. The van der Waals surface area contributed by atoms with Crippen LogP contribution in [0, 0.1) is 5.92 Å². The number of halogens is 1. The van der Waals surface area contributed by atoms with Gasteiger partial charge in [0.05, 0.1) is 12.6 Å². The van der Waals surface area contributed by atoms with Gasteiger partial charge >= 0.3 is 0 Å². The number of piperidine rings is 1. The second-order valence-corrected chi connectivity index (χ2v) is 7.97. The van der Waals surface area contributed by atoms with Crippen LogP contribution in [0.1, 0.15) is 36.9 Å². The lowest BCUT2D eigenvalue weighted by molar-refractivity contribution is -0.127. The number of nitrogens with one attached hydrogen (secondary N) is 2. The maximum Gasteiger partial charge on any atom is 0.234 e. The van der Waals surface area contributed by atoms with Crippen molar-refractivity contribution in [2.24, 2.45) is 5.92 Å². The molecule has 1 atom stereocenters. The molecule has 6 heteroatoms. The number of rotatable bonds is 7. The Morgan fingerprint density at radius 1 is 1.07 bits per heavy atom. The Morgan fingerprint density at radius 2 is 1.72 bits per heavy atom. The van der Waals surface area contributed by atoms with Crippen LogP contribution < -0.4 is 10.6 Å². The van der Waals surface area contributed by atoms with E-state index < -0.39 is 0 Å². The number of hydrogen-bond donors (Lipinski definition) is 2. The highest BCUT2D eigenvalue weighted by atomic mass is 35.5. The van der Waals surface area contributed by atoms with Crippen molar-refractivity contribution in [1.29, 1.82) is 0 Å². The molecular weight excluding hydrogens is 386 g/mol. The predicted octanol–water partition coefficient (Wildman–Crippen LogP) is 3.55. The molecule has 154 valence electrons. The minimum Gasteiger partial charge on any atom is -0.352 e. The van der Waals surface area contributed by atoms with E-state index in [1.54, 1.807) is 0 Å². The van der Waals surface area contributed by atoms with Crippen LogP contribution in [-0.2, 0) is 16.1 Å². The zero-order valence-corrected chi connectivity index (χ0v) is 17.5. The van der Waals surface area contributed by atoms with E-state index in [9.17, 15) is 9.59 Å². The first kappa shape index (κ1) is 21.3. The Morgan fingerprint density at radius 3 is 2.41 bits per heavy atom. The molecule has 0 saturated carbocycles. The first-order valence-electron chi connectivity index (χ1n) is 10.1. The van der Waals surface area contributed by atoms with Crippen LogP contribution in [0.25, 0.3) is 0 Å². The molecular formula is C23H28ClN3O2. The topological polar surface area (TPSA) is 61.4 Å². The summed E-state index contributed by atoms with van der Waals surface area (Å²) >= 11 is 6.21. The number of likely N-dealkylation sites (tertiary alicyclic amines) is 1. The molecule has 1 unspecified atom stereocenters. The SMILES string of the molecule is CC(NC(=O)CN1CCC(C(=O)NCc2ccccc2)CC1)c1ccccc1Cl. The maximum absolute atomic E-state index is 12.4. The lowest BCUT2D eigenvalue weighted by Crippen LogP contribution is -2.44. The molecule has 0 radical (unpaired) electrons. The summed E-state index contributed by atoms with van der Waals surface area (Å²) in [5, 5.41) is 6.69. The zero-order chi connectivity index (χ0) is 20.6. The van der Waals surface area contributed by atoms with E-state index in [0.29, 0.717) is 18.1 Å². The van der Waals surface area contributed by atoms with E-state index in [1.807, 2.05) is 61.5 Å². The highest BCUT2D eigenvalue weighted by Crippen LogP contribution is 2.22. The van der Waals surface area contributed by atoms with Crippen LogP contribution in [0.3, 0.4) is 0 Å². The van der Waals surface area contributed by atoms with Gasteiger partial charge in [-0.1, -0.05) is 60.1 Å². The first-order chi connectivity index (χ1) is 14.0. The molecule has 1 aliphatic heterocycles. The van der Waals surface area contributed by atoms with Crippen LogP contribution >= 0.6 is 11.6 Å². The van der Waals surface area contributed by atoms with Gasteiger partial charge in [0.15, 0.2) is 0 Å². The quantitative estimate of drug-likeness (QED) is 0.729. The minimum absolute atomic E-state index is 0.0140. The van der Waals surface area contributed by atoms with Crippen molar-refractivity contribution in [2.75, 3.05) is 19.6 Å². The van der Waals surface area contributed by atoms with Gasteiger partial charge in [-0.05, 0) is 50.0 Å². The molecule has 2 amide bonds. The van der Waals surface area contributed by atoms with Crippen LogP contribution in [0.2, 0.25) is 5.02 Å². The van der Waals surface area contributed by atoms with Gasteiger partial charge in [-0.15, -0.1) is 0 Å². The minimum atomic E-state index is -0.141. The Bertz CT molecular complexity index is 820. The van der Waals surface area contributed by atoms with Gasteiger partial charge in [0.2, 0.25) is 11.8 Å². The maximum atomic E-state index is 12.4. The van der Waals surface area contributed by atoms with Crippen LogP contribution in [0.15, 0.2) is 54.6 Å². The Hall–Kier alpha value is -2.37. The Kier molecular flexibility index (Phi) is 7.67. The van der Waals surface area contributed by atoms with Crippen molar-refractivity contribution in [3.8, 4) is 0 Å². The van der Waals surface area contributed by atoms with E-state index in [4.69, 9.17) is 11.6 Å². The summed E-state index contributed by atoms with van der Waals surface area (Å²) in [7, 11) is 0. The average Bonchev–Trinajstić information content (AvgIpc) is 2.73. The number of benzene rings is 2. The second kappa shape index (κ2) is 10.4. The van der Waals surface area contributed by atoms with E-state index >= 15 is 0 Å². The molecule has 1 aliphatic rings. The summed E-state index contributed by atoms with van der Waals surface area (Å²) in [4.78, 5) is 26.9. The molecule has 1 saturated heterocycles. The molecule has 1 heterocycles. The van der Waals surface area contributed by atoms with Crippen LogP contribution in [0.4, 0.5) is 0 Å². The van der Waals surface area contributed by atoms with Gasteiger partial charge in [0.1, 0.15) is 0 Å². The van der Waals surface area contributed by atoms with Gasteiger partial charge in [-0.3, -0.25) is 14.5 Å². The van der Waals surface area contributed by atoms with Crippen molar-refractivity contribution in [1.82, 2.24) is 15.5 Å². The van der Waals surface area contributed by atoms with Gasteiger partial charge < -0.3 is 10.6 Å². The molecule has 1 fully saturated rings. The monoisotopic (exact) mass is 413 g/mol.